The fourth-order valence-corrected chi connectivity index (χ4v) is 2.42. The Morgan fingerprint density at radius 2 is 2.24 bits per heavy atom. The largest absolute Gasteiger partial charge is 0.391 e. The SMILES string of the molecule is Cc1cc(C(=O)NC2(C(N)=S)CCCC2)on1. The Balaban J connectivity index is 2.14. The Hall–Kier alpha value is -1.43. The van der Waals surface area contributed by atoms with Crippen LogP contribution in [0.5, 0.6) is 0 Å². The van der Waals surface area contributed by atoms with Gasteiger partial charge in [0, 0.05) is 6.07 Å². The van der Waals surface area contributed by atoms with E-state index in [1.54, 1.807) is 13.0 Å². The van der Waals surface area contributed by atoms with Crippen LogP contribution in [-0.2, 0) is 0 Å². The second-order valence-corrected chi connectivity index (χ2v) is 4.88. The Morgan fingerprint density at radius 1 is 1.59 bits per heavy atom. The van der Waals surface area contributed by atoms with Crippen molar-refractivity contribution in [3.05, 3.63) is 17.5 Å². The summed E-state index contributed by atoms with van der Waals surface area (Å²) < 4.78 is 4.91. The predicted molar refractivity (Wildman–Crippen MR) is 66.7 cm³/mol. The topological polar surface area (TPSA) is 81.2 Å². The molecule has 2 rings (SSSR count). The van der Waals surface area contributed by atoms with Crippen molar-refractivity contribution < 1.29 is 9.32 Å². The van der Waals surface area contributed by atoms with Gasteiger partial charge in [0.25, 0.3) is 5.91 Å². The number of nitrogens with zero attached hydrogens (tertiary/aromatic N) is 1. The molecule has 1 heterocycles. The molecule has 0 aliphatic heterocycles. The van der Waals surface area contributed by atoms with Gasteiger partial charge in [0.2, 0.25) is 5.76 Å². The summed E-state index contributed by atoms with van der Waals surface area (Å²) in [5.41, 5.74) is 5.86. The smallest absolute Gasteiger partial charge is 0.290 e. The Kier molecular flexibility index (Phi) is 3.15. The lowest BCUT2D eigenvalue weighted by Crippen LogP contribution is -2.54. The highest BCUT2D eigenvalue weighted by molar-refractivity contribution is 7.80. The van der Waals surface area contributed by atoms with E-state index < -0.39 is 5.54 Å². The van der Waals surface area contributed by atoms with Crippen LogP contribution in [0.2, 0.25) is 0 Å². The summed E-state index contributed by atoms with van der Waals surface area (Å²) >= 11 is 5.06. The van der Waals surface area contributed by atoms with Gasteiger partial charge in [0.1, 0.15) is 0 Å². The highest BCUT2D eigenvalue weighted by Crippen LogP contribution is 2.30. The van der Waals surface area contributed by atoms with Gasteiger partial charge in [0.05, 0.1) is 16.2 Å². The highest BCUT2D eigenvalue weighted by Gasteiger charge is 2.38. The van der Waals surface area contributed by atoms with E-state index in [0.717, 1.165) is 25.7 Å². The van der Waals surface area contributed by atoms with E-state index >= 15 is 0 Å². The van der Waals surface area contributed by atoms with Gasteiger partial charge in [-0.05, 0) is 19.8 Å². The molecule has 0 atom stereocenters. The van der Waals surface area contributed by atoms with Crippen LogP contribution in [-0.4, -0.2) is 21.6 Å². The van der Waals surface area contributed by atoms with Gasteiger partial charge in [-0.15, -0.1) is 0 Å². The number of nitrogens with two attached hydrogens (primary N) is 1. The van der Waals surface area contributed by atoms with Crippen LogP contribution in [0.1, 0.15) is 41.9 Å². The Labute approximate surface area is 105 Å². The zero-order chi connectivity index (χ0) is 12.5. The molecule has 0 aromatic carbocycles. The molecule has 6 heteroatoms. The van der Waals surface area contributed by atoms with Crippen molar-refractivity contribution in [1.82, 2.24) is 10.5 Å². The molecular weight excluding hydrogens is 238 g/mol. The zero-order valence-corrected chi connectivity index (χ0v) is 10.5. The fraction of sp³-hybridized carbons (Fsp3) is 0.545. The Bertz CT molecular complexity index is 449. The van der Waals surface area contributed by atoms with Gasteiger partial charge < -0.3 is 15.6 Å². The van der Waals surface area contributed by atoms with Crippen molar-refractivity contribution in [3.8, 4) is 0 Å². The summed E-state index contributed by atoms with van der Waals surface area (Å²) in [7, 11) is 0. The number of thiocarbonyl (C=S) groups is 1. The van der Waals surface area contributed by atoms with Crippen LogP contribution in [0.3, 0.4) is 0 Å². The summed E-state index contributed by atoms with van der Waals surface area (Å²) in [4.78, 5) is 12.3. The maximum Gasteiger partial charge on any atom is 0.290 e. The summed E-state index contributed by atoms with van der Waals surface area (Å²) in [5, 5.41) is 6.56. The van der Waals surface area contributed by atoms with Crippen LogP contribution in [0, 0.1) is 6.92 Å². The van der Waals surface area contributed by atoms with Crippen molar-refractivity contribution in [2.24, 2.45) is 5.73 Å². The van der Waals surface area contributed by atoms with Crippen molar-refractivity contribution in [2.75, 3.05) is 0 Å². The third kappa shape index (κ3) is 2.31. The first kappa shape index (κ1) is 12.0. The van der Waals surface area contributed by atoms with Gasteiger partial charge in [-0.3, -0.25) is 4.79 Å². The molecule has 17 heavy (non-hydrogen) atoms. The molecule has 1 aromatic rings. The second-order valence-electron chi connectivity index (χ2n) is 4.44. The molecule has 1 saturated carbocycles. The summed E-state index contributed by atoms with van der Waals surface area (Å²) in [6, 6.07) is 1.59. The number of carbonyl (C=O) groups is 1. The standard InChI is InChI=1S/C11H15N3O2S/c1-7-6-8(16-14-7)9(15)13-11(10(12)17)4-2-3-5-11/h6H,2-5H2,1H3,(H2,12,17)(H,13,15). The number of nitrogens with one attached hydrogen (secondary N) is 1. The third-order valence-corrected chi connectivity index (χ3v) is 3.52. The molecule has 3 N–H and O–H groups in total. The first-order chi connectivity index (χ1) is 8.03. The van der Waals surface area contributed by atoms with Gasteiger partial charge in [-0.25, -0.2) is 0 Å². The van der Waals surface area contributed by atoms with E-state index in [-0.39, 0.29) is 11.7 Å². The van der Waals surface area contributed by atoms with E-state index in [2.05, 4.69) is 10.5 Å². The molecule has 0 saturated heterocycles. The number of amides is 1. The lowest BCUT2D eigenvalue weighted by Gasteiger charge is -2.28. The third-order valence-electron chi connectivity index (χ3n) is 3.13. The quantitative estimate of drug-likeness (QED) is 0.794. The van der Waals surface area contributed by atoms with Crippen molar-refractivity contribution in [2.45, 2.75) is 38.1 Å². The van der Waals surface area contributed by atoms with Crippen LogP contribution < -0.4 is 11.1 Å². The molecule has 0 bridgehead atoms. The number of hydrogen-bond donors (Lipinski definition) is 2. The van der Waals surface area contributed by atoms with E-state index in [0.29, 0.717) is 10.7 Å². The average molecular weight is 253 g/mol. The molecule has 1 amide bonds. The highest BCUT2D eigenvalue weighted by atomic mass is 32.1. The van der Waals surface area contributed by atoms with Gasteiger partial charge in [-0.1, -0.05) is 30.2 Å². The molecule has 0 spiro atoms. The van der Waals surface area contributed by atoms with Gasteiger partial charge in [0.15, 0.2) is 0 Å². The predicted octanol–water partition coefficient (Wildman–Crippen LogP) is 1.31. The maximum atomic E-state index is 12.0. The first-order valence-corrected chi connectivity index (χ1v) is 6.00. The lowest BCUT2D eigenvalue weighted by atomic mass is 9.97. The van der Waals surface area contributed by atoms with E-state index in [1.165, 1.54) is 0 Å². The molecular formula is C11H15N3O2S. The Morgan fingerprint density at radius 3 is 2.71 bits per heavy atom. The number of rotatable bonds is 3. The van der Waals surface area contributed by atoms with E-state index in [4.69, 9.17) is 22.5 Å². The normalized spacial score (nSPS) is 17.9. The number of carbonyl (C=O) groups excluding carboxylic acids is 1. The van der Waals surface area contributed by atoms with E-state index in [1.807, 2.05) is 0 Å². The summed E-state index contributed by atoms with van der Waals surface area (Å²) in [5.74, 6) is -0.106. The summed E-state index contributed by atoms with van der Waals surface area (Å²) in [6.45, 7) is 1.76. The molecule has 1 aliphatic rings. The molecule has 0 radical (unpaired) electrons. The van der Waals surface area contributed by atoms with Crippen molar-refractivity contribution >= 4 is 23.1 Å². The second kappa shape index (κ2) is 4.44. The summed E-state index contributed by atoms with van der Waals surface area (Å²) in [6.07, 6.45) is 3.63. The number of aryl methyl sites for hydroxylation is 1. The molecule has 1 aromatic heterocycles. The fourth-order valence-electron chi connectivity index (χ4n) is 2.16. The van der Waals surface area contributed by atoms with Gasteiger partial charge in [-0.2, -0.15) is 0 Å². The lowest BCUT2D eigenvalue weighted by molar-refractivity contribution is 0.0887. The first-order valence-electron chi connectivity index (χ1n) is 5.59. The van der Waals surface area contributed by atoms with Crippen molar-refractivity contribution in [1.29, 1.82) is 0 Å². The maximum absolute atomic E-state index is 12.0. The van der Waals surface area contributed by atoms with Gasteiger partial charge >= 0.3 is 0 Å². The van der Waals surface area contributed by atoms with E-state index in [9.17, 15) is 4.79 Å². The number of hydrogen-bond acceptors (Lipinski definition) is 4. The minimum Gasteiger partial charge on any atom is -0.391 e. The van der Waals surface area contributed by atoms with Crippen molar-refractivity contribution in [3.63, 3.8) is 0 Å². The van der Waals surface area contributed by atoms with Crippen LogP contribution >= 0.6 is 12.2 Å². The molecule has 5 nitrogen and oxygen atoms in total. The van der Waals surface area contributed by atoms with Crippen LogP contribution in [0.4, 0.5) is 0 Å². The molecule has 0 unspecified atom stereocenters. The molecule has 1 fully saturated rings. The average Bonchev–Trinajstić information content (AvgIpc) is 2.87. The monoisotopic (exact) mass is 253 g/mol. The van der Waals surface area contributed by atoms with Crippen LogP contribution in [0.25, 0.3) is 0 Å². The zero-order valence-electron chi connectivity index (χ0n) is 9.66. The minimum absolute atomic E-state index is 0.199. The molecule has 92 valence electrons. The minimum atomic E-state index is -0.549. The number of aromatic nitrogens is 1. The van der Waals surface area contributed by atoms with Crippen LogP contribution in [0.15, 0.2) is 10.6 Å². The molecule has 1 aliphatic carbocycles.